The van der Waals surface area contributed by atoms with Crippen molar-refractivity contribution in [2.45, 2.75) is 27.7 Å². The lowest BCUT2D eigenvalue weighted by Gasteiger charge is -2.22. The SMILES string of the molecule is Cc1cccc(C)c1-c1ccc2c3ccc(Oc4ccc5c6ccccc6n6ccnc6c5c4)cc3c3nccn3c2c1-c1c(C)cccc1C. The van der Waals surface area contributed by atoms with E-state index in [1.165, 1.54) is 55.3 Å². The molecule has 0 saturated carbocycles. The highest BCUT2D eigenvalue weighted by Gasteiger charge is 2.22. The maximum atomic E-state index is 6.62. The summed E-state index contributed by atoms with van der Waals surface area (Å²) in [4.78, 5) is 9.67. The number of nitrogens with zero attached hydrogens (tertiary/aromatic N) is 4. The van der Waals surface area contributed by atoms with Gasteiger partial charge in [0, 0.05) is 51.9 Å². The fourth-order valence-corrected chi connectivity index (χ4v) is 8.41. The summed E-state index contributed by atoms with van der Waals surface area (Å²) in [6.07, 6.45) is 7.88. The molecule has 10 rings (SSSR count). The van der Waals surface area contributed by atoms with E-state index in [9.17, 15) is 0 Å². The van der Waals surface area contributed by atoms with Gasteiger partial charge in [-0.15, -0.1) is 0 Å². The topological polar surface area (TPSA) is 43.8 Å². The van der Waals surface area contributed by atoms with Gasteiger partial charge < -0.3 is 4.74 Å². The molecule has 51 heavy (non-hydrogen) atoms. The molecule has 0 aliphatic carbocycles. The molecule has 0 fully saturated rings. The summed E-state index contributed by atoms with van der Waals surface area (Å²) < 4.78 is 11.0. The van der Waals surface area contributed by atoms with E-state index in [1.54, 1.807) is 0 Å². The molecule has 0 amide bonds. The quantitative estimate of drug-likeness (QED) is 0.177. The monoisotopic (exact) mass is 658 g/mol. The second kappa shape index (κ2) is 11.0. The maximum absolute atomic E-state index is 6.62. The van der Waals surface area contributed by atoms with Gasteiger partial charge in [0.05, 0.1) is 11.0 Å². The van der Waals surface area contributed by atoms with Gasteiger partial charge in [0.15, 0.2) is 0 Å². The highest BCUT2D eigenvalue weighted by atomic mass is 16.5. The van der Waals surface area contributed by atoms with Crippen LogP contribution in [-0.4, -0.2) is 18.8 Å². The third-order valence-electron chi connectivity index (χ3n) is 10.6. The molecule has 0 spiro atoms. The summed E-state index contributed by atoms with van der Waals surface area (Å²) in [5.41, 5.74) is 14.2. The molecule has 5 nitrogen and oxygen atoms in total. The van der Waals surface area contributed by atoms with Crippen molar-refractivity contribution in [3.8, 4) is 33.8 Å². The van der Waals surface area contributed by atoms with E-state index in [4.69, 9.17) is 14.7 Å². The van der Waals surface area contributed by atoms with Crippen LogP contribution in [-0.2, 0) is 0 Å². The summed E-state index contributed by atoms with van der Waals surface area (Å²) in [7, 11) is 0. The summed E-state index contributed by atoms with van der Waals surface area (Å²) in [6.45, 7) is 8.87. The van der Waals surface area contributed by atoms with Gasteiger partial charge in [0.25, 0.3) is 0 Å². The first kappa shape index (κ1) is 29.5. The van der Waals surface area contributed by atoms with Gasteiger partial charge in [-0.2, -0.15) is 0 Å². The van der Waals surface area contributed by atoms with Crippen LogP contribution in [0.4, 0.5) is 0 Å². The average Bonchev–Trinajstić information content (AvgIpc) is 3.84. The number of hydrogen-bond acceptors (Lipinski definition) is 3. The lowest BCUT2D eigenvalue weighted by molar-refractivity contribution is 0.484. The Kier molecular flexibility index (Phi) is 6.37. The van der Waals surface area contributed by atoms with Crippen LogP contribution in [0.5, 0.6) is 11.5 Å². The van der Waals surface area contributed by atoms with Crippen molar-refractivity contribution in [2.75, 3.05) is 0 Å². The first-order valence-corrected chi connectivity index (χ1v) is 17.4. The molecule has 0 aliphatic heterocycles. The van der Waals surface area contributed by atoms with Crippen molar-refractivity contribution in [3.05, 3.63) is 156 Å². The Hall–Kier alpha value is -6.46. The zero-order valence-electron chi connectivity index (χ0n) is 28.9. The highest BCUT2D eigenvalue weighted by molar-refractivity contribution is 6.18. The van der Waals surface area contributed by atoms with E-state index >= 15 is 0 Å². The molecule has 0 bridgehead atoms. The molecule has 4 heterocycles. The number of aryl methyl sites for hydroxylation is 4. The minimum absolute atomic E-state index is 0.758. The van der Waals surface area contributed by atoms with E-state index in [1.807, 2.05) is 18.6 Å². The van der Waals surface area contributed by atoms with Crippen molar-refractivity contribution in [1.82, 2.24) is 18.8 Å². The van der Waals surface area contributed by atoms with Crippen LogP contribution in [0.25, 0.3) is 76.9 Å². The fraction of sp³-hybridized carbons (Fsp3) is 0.0870. The Balaban J connectivity index is 1.19. The lowest BCUT2D eigenvalue weighted by Crippen LogP contribution is -2.00. The van der Waals surface area contributed by atoms with E-state index in [2.05, 4.69) is 152 Å². The summed E-state index contributed by atoms with van der Waals surface area (Å²) in [5, 5.41) is 6.75. The van der Waals surface area contributed by atoms with Gasteiger partial charge in [0.2, 0.25) is 0 Å². The molecule has 0 saturated heterocycles. The number of hydrogen-bond donors (Lipinski definition) is 0. The first-order valence-electron chi connectivity index (χ1n) is 17.4. The predicted octanol–water partition coefficient (Wildman–Crippen LogP) is 12.0. The Bertz CT molecular complexity index is 3020. The Morgan fingerprint density at radius 1 is 0.451 bits per heavy atom. The molecule has 244 valence electrons. The number of aromatic nitrogens is 4. The standard InChI is InChI=1S/C46H34N4O/c1-27-9-7-10-28(2)41(27)37-20-19-36-34-18-16-32(26-39(34)46-48-22-24-50(46)44(36)43(37)42-29(3)11-8-12-30(42)4)51-31-15-17-33-35-13-5-6-14-40(35)49-23-21-47-45(49)38(33)25-31/h5-26H,1-4H3. The minimum atomic E-state index is 0.758. The molecule has 0 atom stereocenters. The summed E-state index contributed by atoms with van der Waals surface area (Å²) in [6, 6.07) is 38.9. The van der Waals surface area contributed by atoms with Crippen molar-refractivity contribution in [2.24, 2.45) is 0 Å². The first-order chi connectivity index (χ1) is 25.0. The maximum Gasteiger partial charge on any atom is 0.145 e. The zero-order valence-corrected chi connectivity index (χ0v) is 28.9. The Morgan fingerprint density at radius 3 is 1.67 bits per heavy atom. The molecule has 0 radical (unpaired) electrons. The summed E-state index contributed by atoms with van der Waals surface area (Å²) >= 11 is 0. The van der Waals surface area contributed by atoms with Gasteiger partial charge in [-0.05, 0) is 120 Å². The highest BCUT2D eigenvalue weighted by Crippen LogP contribution is 2.45. The largest absolute Gasteiger partial charge is 0.457 e. The number of benzene rings is 6. The predicted molar refractivity (Wildman–Crippen MR) is 210 cm³/mol. The number of para-hydroxylation sites is 1. The molecule has 0 aliphatic rings. The third kappa shape index (κ3) is 4.34. The van der Waals surface area contributed by atoms with Crippen LogP contribution in [0.2, 0.25) is 0 Å². The second-order valence-electron chi connectivity index (χ2n) is 13.7. The number of pyridine rings is 2. The van der Waals surface area contributed by atoms with Crippen LogP contribution < -0.4 is 4.74 Å². The number of imidazole rings is 2. The van der Waals surface area contributed by atoms with E-state index in [0.717, 1.165) is 55.4 Å². The van der Waals surface area contributed by atoms with Crippen LogP contribution in [0.3, 0.4) is 0 Å². The molecule has 0 unspecified atom stereocenters. The minimum Gasteiger partial charge on any atom is -0.457 e. The van der Waals surface area contributed by atoms with Crippen molar-refractivity contribution >= 4 is 54.6 Å². The number of ether oxygens (including phenoxy) is 1. The van der Waals surface area contributed by atoms with Crippen molar-refractivity contribution in [3.63, 3.8) is 0 Å². The molecule has 6 aromatic carbocycles. The van der Waals surface area contributed by atoms with Gasteiger partial charge in [-0.3, -0.25) is 8.80 Å². The van der Waals surface area contributed by atoms with Crippen molar-refractivity contribution in [1.29, 1.82) is 0 Å². The average molecular weight is 659 g/mol. The normalized spacial score (nSPS) is 11.9. The van der Waals surface area contributed by atoms with Gasteiger partial charge in [-0.1, -0.05) is 66.7 Å². The zero-order chi connectivity index (χ0) is 34.4. The van der Waals surface area contributed by atoms with Gasteiger partial charge in [-0.25, -0.2) is 9.97 Å². The van der Waals surface area contributed by atoms with E-state index in [0.29, 0.717) is 0 Å². The smallest absolute Gasteiger partial charge is 0.145 e. The molecule has 5 heteroatoms. The molecular weight excluding hydrogens is 625 g/mol. The van der Waals surface area contributed by atoms with Crippen LogP contribution in [0.1, 0.15) is 22.3 Å². The number of fused-ring (bicyclic) bond motifs is 12. The Labute approximate surface area is 295 Å². The van der Waals surface area contributed by atoms with Gasteiger partial charge in [0.1, 0.15) is 22.8 Å². The van der Waals surface area contributed by atoms with Crippen LogP contribution in [0, 0.1) is 27.7 Å². The third-order valence-corrected chi connectivity index (χ3v) is 10.6. The molecule has 10 aromatic rings. The molecule has 0 N–H and O–H groups in total. The Morgan fingerprint density at radius 2 is 1.00 bits per heavy atom. The van der Waals surface area contributed by atoms with E-state index < -0.39 is 0 Å². The van der Waals surface area contributed by atoms with Gasteiger partial charge >= 0.3 is 0 Å². The van der Waals surface area contributed by atoms with E-state index in [-0.39, 0.29) is 0 Å². The van der Waals surface area contributed by atoms with Crippen molar-refractivity contribution < 1.29 is 4.74 Å². The summed E-state index contributed by atoms with van der Waals surface area (Å²) in [5.74, 6) is 1.52. The molecule has 4 aromatic heterocycles. The molecular formula is C46H34N4O. The fourth-order valence-electron chi connectivity index (χ4n) is 8.41. The van der Waals surface area contributed by atoms with Crippen LogP contribution >= 0.6 is 0 Å². The lowest BCUT2D eigenvalue weighted by atomic mass is 9.84. The second-order valence-corrected chi connectivity index (χ2v) is 13.7. The number of rotatable bonds is 4. The van der Waals surface area contributed by atoms with Crippen LogP contribution in [0.15, 0.2) is 134 Å².